The van der Waals surface area contributed by atoms with Crippen molar-refractivity contribution in [1.29, 1.82) is 0 Å². The molecule has 3 nitrogen and oxygen atoms in total. The van der Waals surface area contributed by atoms with Gasteiger partial charge in [0.15, 0.2) is 0 Å². The van der Waals surface area contributed by atoms with Gasteiger partial charge in [0.25, 0.3) is 0 Å². The lowest BCUT2D eigenvalue weighted by atomic mass is 10.2. The highest BCUT2D eigenvalue weighted by molar-refractivity contribution is 5.44. The third-order valence-electron chi connectivity index (χ3n) is 2.23. The predicted molar refractivity (Wildman–Crippen MR) is 59.5 cm³/mol. The van der Waals surface area contributed by atoms with E-state index in [9.17, 15) is 0 Å². The summed E-state index contributed by atoms with van der Waals surface area (Å²) in [4.78, 5) is 0. The number of hydrogen-bond acceptors (Lipinski definition) is 2. The highest BCUT2D eigenvalue weighted by atomic mass is 16.5. The normalized spacial score (nSPS) is 10.3. The molecule has 1 aromatic heterocycles. The van der Waals surface area contributed by atoms with E-state index in [1.807, 2.05) is 42.1 Å². The summed E-state index contributed by atoms with van der Waals surface area (Å²) < 4.78 is 7.28. The third kappa shape index (κ3) is 2.01. The molecule has 0 unspecified atom stereocenters. The summed E-state index contributed by atoms with van der Waals surface area (Å²) in [7, 11) is 0. The van der Waals surface area contributed by atoms with Crippen LogP contribution in [0.1, 0.15) is 12.5 Å². The number of hydrogen-bond donors (Lipinski definition) is 0. The Bertz CT molecular complexity index is 435. The Morgan fingerprint density at radius 2 is 2.27 bits per heavy atom. The van der Waals surface area contributed by atoms with E-state index in [1.165, 1.54) is 0 Å². The Balaban J connectivity index is 2.35. The molecular formula is C12H14N2O. The van der Waals surface area contributed by atoms with Crippen LogP contribution in [0.5, 0.6) is 5.75 Å². The lowest BCUT2D eigenvalue weighted by Crippen LogP contribution is -1.98. The first-order valence-corrected chi connectivity index (χ1v) is 5.04. The third-order valence-corrected chi connectivity index (χ3v) is 2.23. The maximum Gasteiger partial charge on any atom is 0.119 e. The van der Waals surface area contributed by atoms with Gasteiger partial charge in [-0.25, -0.2) is 4.68 Å². The molecule has 0 spiro atoms. The lowest BCUT2D eigenvalue weighted by molar-refractivity contribution is 0.340. The first-order chi connectivity index (χ1) is 7.31. The average molecular weight is 202 g/mol. The van der Waals surface area contributed by atoms with E-state index in [0.717, 1.165) is 17.0 Å². The first kappa shape index (κ1) is 9.77. The molecule has 78 valence electrons. The van der Waals surface area contributed by atoms with Gasteiger partial charge in [0.2, 0.25) is 0 Å². The Hall–Kier alpha value is -1.77. The number of aromatic nitrogens is 2. The average Bonchev–Trinajstić information content (AvgIpc) is 2.71. The van der Waals surface area contributed by atoms with E-state index < -0.39 is 0 Å². The van der Waals surface area contributed by atoms with Gasteiger partial charge in [0, 0.05) is 12.4 Å². The zero-order valence-electron chi connectivity index (χ0n) is 8.97. The molecule has 3 heteroatoms. The minimum atomic E-state index is 0.695. The number of nitrogens with zero attached hydrogens (tertiary/aromatic N) is 2. The van der Waals surface area contributed by atoms with E-state index >= 15 is 0 Å². The fraction of sp³-hybridized carbons (Fsp3) is 0.250. The molecule has 0 aliphatic heterocycles. The van der Waals surface area contributed by atoms with Crippen molar-refractivity contribution in [2.24, 2.45) is 0 Å². The molecule has 0 fully saturated rings. The van der Waals surface area contributed by atoms with E-state index in [0.29, 0.717) is 6.61 Å². The molecule has 0 saturated carbocycles. The van der Waals surface area contributed by atoms with Crippen molar-refractivity contribution < 1.29 is 4.74 Å². The lowest BCUT2D eigenvalue weighted by Gasteiger charge is -2.08. The van der Waals surface area contributed by atoms with Gasteiger partial charge in [-0.15, -0.1) is 0 Å². The molecule has 0 atom stereocenters. The van der Waals surface area contributed by atoms with Gasteiger partial charge >= 0.3 is 0 Å². The van der Waals surface area contributed by atoms with E-state index in [2.05, 4.69) is 12.0 Å². The molecule has 15 heavy (non-hydrogen) atoms. The van der Waals surface area contributed by atoms with E-state index in [4.69, 9.17) is 4.74 Å². The second-order valence-electron chi connectivity index (χ2n) is 3.33. The summed E-state index contributed by atoms with van der Waals surface area (Å²) >= 11 is 0. The maximum absolute atomic E-state index is 5.43. The molecule has 2 rings (SSSR count). The van der Waals surface area contributed by atoms with Gasteiger partial charge in [-0.2, -0.15) is 5.10 Å². The van der Waals surface area contributed by atoms with Gasteiger partial charge < -0.3 is 4.74 Å². The highest BCUT2D eigenvalue weighted by Crippen LogP contribution is 2.19. The zero-order chi connectivity index (χ0) is 10.7. The van der Waals surface area contributed by atoms with Crippen molar-refractivity contribution in [3.8, 4) is 11.4 Å². The monoisotopic (exact) mass is 202 g/mol. The molecular weight excluding hydrogens is 188 g/mol. The summed E-state index contributed by atoms with van der Waals surface area (Å²) in [6.07, 6.45) is 3.71. The van der Waals surface area contributed by atoms with Crippen LogP contribution in [0.2, 0.25) is 0 Å². The minimum absolute atomic E-state index is 0.695. The second kappa shape index (κ2) is 4.17. The van der Waals surface area contributed by atoms with Gasteiger partial charge in [-0.3, -0.25) is 0 Å². The number of rotatable bonds is 3. The summed E-state index contributed by atoms with van der Waals surface area (Å²) in [6.45, 7) is 4.73. The van der Waals surface area contributed by atoms with E-state index in [1.54, 1.807) is 6.20 Å². The number of aryl methyl sites for hydroxylation is 1. The molecule has 0 saturated heterocycles. The smallest absolute Gasteiger partial charge is 0.119 e. The van der Waals surface area contributed by atoms with Crippen LogP contribution >= 0.6 is 0 Å². The van der Waals surface area contributed by atoms with Crippen molar-refractivity contribution in [2.75, 3.05) is 6.61 Å². The predicted octanol–water partition coefficient (Wildman–Crippen LogP) is 2.58. The van der Waals surface area contributed by atoms with Crippen LogP contribution in [0, 0.1) is 6.92 Å². The van der Waals surface area contributed by atoms with Crippen LogP contribution in [-0.4, -0.2) is 16.4 Å². The molecule has 1 aromatic carbocycles. The Morgan fingerprint density at radius 1 is 1.40 bits per heavy atom. The maximum atomic E-state index is 5.43. The highest BCUT2D eigenvalue weighted by Gasteiger charge is 2.02. The second-order valence-corrected chi connectivity index (χ2v) is 3.33. The zero-order valence-corrected chi connectivity index (χ0v) is 8.97. The Morgan fingerprint density at radius 3 is 2.87 bits per heavy atom. The quantitative estimate of drug-likeness (QED) is 0.764. The topological polar surface area (TPSA) is 27.1 Å². The SMILES string of the molecule is CCOc1ccc(-n2cccn2)c(C)c1. The molecule has 0 amide bonds. The first-order valence-electron chi connectivity index (χ1n) is 5.04. The van der Waals surface area contributed by atoms with Gasteiger partial charge in [0.1, 0.15) is 5.75 Å². The molecule has 0 aliphatic rings. The standard InChI is InChI=1S/C12H14N2O/c1-3-15-11-5-6-12(10(2)9-11)14-8-4-7-13-14/h4-9H,3H2,1-2H3. The van der Waals surface area contributed by atoms with Crippen LogP contribution in [0.15, 0.2) is 36.7 Å². The number of ether oxygens (including phenoxy) is 1. The Labute approximate surface area is 89.3 Å². The van der Waals surface area contributed by atoms with Crippen LogP contribution in [0.25, 0.3) is 5.69 Å². The fourth-order valence-electron chi connectivity index (χ4n) is 1.55. The van der Waals surface area contributed by atoms with Crippen LogP contribution in [-0.2, 0) is 0 Å². The molecule has 0 N–H and O–H groups in total. The van der Waals surface area contributed by atoms with Crippen molar-refractivity contribution in [1.82, 2.24) is 9.78 Å². The number of benzene rings is 1. The van der Waals surface area contributed by atoms with E-state index in [-0.39, 0.29) is 0 Å². The van der Waals surface area contributed by atoms with Crippen molar-refractivity contribution in [2.45, 2.75) is 13.8 Å². The van der Waals surface area contributed by atoms with Crippen LogP contribution in [0.3, 0.4) is 0 Å². The molecule has 0 bridgehead atoms. The summed E-state index contributed by atoms with van der Waals surface area (Å²) in [5, 5.41) is 4.20. The van der Waals surface area contributed by atoms with Gasteiger partial charge in [-0.05, 0) is 43.7 Å². The van der Waals surface area contributed by atoms with Crippen molar-refractivity contribution in [3.63, 3.8) is 0 Å². The molecule has 0 aliphatic carbocycles. The van der Waals surface area contributed by atoms with Crippen LogP contribution < -0.4 is 4.74 Å². The van der Waals surface area contributed by atoms with Gasteiger partial charge in [-0.1, -0.05) is 0 Å². The molecule has 0 radical (unpaired) electrons. The largest absolute Gasteiger partial charge is 0.494 e. The van der Waals surface area contributed by atoms with Crippen LogP contribution in [0.4, 0.5) is 0 Å². The van der Waals surface area contributed by atoms with Crippen molar-refractivity contribution >= 4 is 0 Å². The fourth-order valence-corrected chi connectivity index (χ4v) is 1.55. The molecule has 2 aromatic rings. The Kier molecular flexibility index (Phi) is 2.72. The van der Waals surface area contributed by atoms with Gasteiger partial charge in [0.05, 0.1) is 12.3 Å². The minimum Gasteiger partial charge on any atom is -0.494 e. The molecule has 1 heterocycles. The summed E-state index contributed by atoms with van der Waals surface area (Å²) in [5.74, 6) is 0.908. The summed E-state index contributed by atoms with van der Waals surface area (Å²) in [5.41, 5.74) is 2.24. The summed E-state index contributed by atoms with van der Waals surface area (Å²) in [6, 6.07) is 7.93. The van der Waals surface area contributed by atoms with Crippen molar-refractivity contribution in [3.05, 3.63) is 42.2 Å².